The van der Waals surface area contributed by atoms with Crippen LogP contribution in [0.5, 0.6) is 57.5 Å². The van der Waals surface area contributed by atoms with E-state index in [1.807, 2.05) is 19.9 Å². The number of carbonyl (C=O) groups is 8. The number of rotatable bonds is 21. The maximum absolute atomic E-state index is 16.6. The van der Waals surface area contributed by atoms with Gasteiger partial charge in [-0.25, -0.2) is 4.79 Å². The molecule has 688 valence electrons. The highest BCUT2D eigenvalue weighted by Gasteiger charge is 2.53. The summed E-state index contributed by atoms with van der Waals surface area (Å²) >= 11 is 20.6. The van der Waals surface area contributed by atoms with Gasteiger partial charge in [-0.1, -0.05) is 86.4 Å². The van der Waals surface area contributed by atoms with Crippen molar-refractivity contribution in [1.82, 2.24) is 26.6 Å². The molecule has 3 saturated heterocycles. The van der Waals surface area contributed by atoms with Crippen LogP contribution in [-0.2, 0) is 68.5 Å². The molecule has 0 saturated carbocycles. The molecule has 11 bridgehead atoms. The number of ether oxygens (including phenoxy) is 9. The van der Waals surface area contributed by atoms with Crippen molar-refractivity contribution >= 4 is 81.9 Å². The summed E-state index contributed by atoms with van der Waals surface area (Å²) in [5, 5.41) is 153. The summed E-state index contributed by atoms with van der Waals surface area (Å²) in [6.45, 7) is 5.49. The van der Waals surface area contributed by atoms with E-state index in [1.54, 1.807) is 42.5 Å². The summed E-state index contributed by atoms with van der Waals surface area (Å²) in [4.78, 5) is 121. The second kappa shape index (κ2) is 40.7. The zero-order chi connectivity index (χ0) is 91.6. The Bertz CT molecular complexity index is 5280. The first kappa shape index (κ1) is 96.6. The van der Waals surface area contributed by atoms with Crippen molar-refractivity contribution in [3.8, 4) is 68.6 Å². The highest BCUT2D eigenvalue weighted by atomic mass is 35.5. The van der Waals surface area contributed by atoms with Crippen molar-refractivity contribution in [3.05, 3.63) is 176 Å². The number of Topliss-reactive ketones (excluding diaryl/α,β-unsaturated/α-hetero) is 2. The van der Waals surface area contributed by atoms with Gasteiger partial charge in [0.05, 0.1) is 52.8 Å². The van der Waals surface area contributed by atoms with Crippen molar-refractivity contribution in [2.75, 3.05) is 13.7 Å². The molecule has 8 aliphatic rings. The number of aromatic hydroxyl groups is 3. The third kappa shape index (κ3) is 21.5. The number of amides is 5. The average molecular weight is 1840 g/mol. The van der Waals surface area contributed by atoms with Crippen LogP contribution in [0.15, 0.2) is 127 Å². The number of ketones is 2. The molecule has 3 fully saturated rings. The van der Waals surface area contributed by atoms with Gasteiger partial charge in [0.15, 0.2) is 41.7 Å². The van der Waals surface area contributed by atoms with Gasteiger partial charge >= 0.3 is 5.97 Å². The van der Waals surface area contributed by atoms with Crippen LogP contribution in [0.25, 0.3) is 11.1 Å². The van der Waals surface area contributed by atoms with E-state index in [1.165, 1.54) is 45.2 Å². The minimum Gasteiger partial charge on any atom is -0.508 e. The third-order valence-electron chi connectivity index (χ3n) is 23.2. The fourth-order valence-corrected chi connectivity index (χ4v) is 17.1. The van der Waals surface area contributed by atoms with Gasteiger partial charge in [-0.2, -0.15) is 0 Å². The molecule has 8 aliphatic heterocycles. The quantitative estimate of drug-likeness (QED) is 0.0391. The molecular weight excluding hydrogens is 1740 g/mol. The molecule has 0 radical (unpaired) electrons. The number of nitrogens with one attached hydrogen (secondary N) is 5. The fourth-order valence-electron chi connectivity index (χ4n) is 16.5. The molecule has 0 spiro atoms. The van der Waals surface area contributed by atoms with Gasteiger partial charge in [0.1, 0.15) is 113 Å². The maximum Gasteiger partial charge on any atom is 0.330 e. The number of likely N-dealkylation sites (N-methyl/N-ethyl adjacent to an activating group) is 1. The van der Waals surface area contributed by atoms with Crippen LogP contribution < -0.4 is 57.0 Å². The van der Waals surface area contributed by atoms with E-state index in [2.05, 4.69) is 26.6 Å². The Morgan fingerprint density at radius 1 is 0.664 bits per heavy atom. The Hall–Kier alpha value is -10.4. The van der Waals surface area contributed by atoms with Gasteiger partial charge in [-0.15, -0.1) is 0 Å². The molecule has 7 aromatic carbocycles. The lowest BCUT2D eigenvalue weighted by Gasteiger charge is -2.46. The van der Waals surface area contributed by atoms with Crippen molar-refractivity contribution in [3.63, 3.8) is 0 Å². The van der Waals surface area contributed by atoms with Gasteiger partial charge in [0.2, 0.25) is 41.6 Å². The fraction of sp³-hybridized carbons (Fsp3) is 0.438. The number of carboxylic acid groups (broad SMARTS) is 1. The van der Waals surface area contributed by atoms with Gasteiger partial charge in [-0.05, 0) is 171 Å². The van der Waals surface area contributed by atoms with Crippen LogP contribution in [0.3, 0.4) is 0 Å². The predicted molar refractivity (Wildman–Crippen MR) is 455 cm³/mol. The lowest BCUT2D eigenvalue weighted by atomic mass is 9.84. The van der Waals surface area contributed by atoms with Crippen LogP contribution in [0.2, 0.25) is 15.1 Å². The number of aliphatic carboxylic acids is 1. The van der Waals surface area contributed by atoms with E-state index in [0.717, 1.165) is 60.2 Å². The number of nitrogens with two attached hydrogens (primary N) is 2. The van der Waals surface area contributed by atoms with Gasteiger partial charge in [0, 0.05) is 59.0 Å². The minimum atomic E-state index is -2.35. The summed E-state index contributed by atoms with van der Waals surface area (Å²) in [7, 11) is 1.48. The highest BCUT2D eigenvalue weighted by Crippen LogP contribution is 2.51. The van der Waals surface area contributed by atoms with Crippen LogP contribution >= 0.6 is 34.8 Å². The number of aryl methyl sites for hydroxylation is 1. The first-order valence-corrected chi connectivity index (χ1v) is 42.0. The first-order valence-electron chi connectivity index (χ1n) is 40.9. The molecule has 2 unspecified atom stereocenters. The molecule has 0 aromatic heterocycles. The second-order valence-electron chi connectivity index (χ2n) is 33.0. The van der Waals surface area contributed by atoms with Crippen LogP contribution in [0.1, 0.15) is 144 Å². The van der Waals surface area contributed by atoms with Crippen molar-refractivity contribution in [1.29, 1.82) is 0 Å². The monoisotopic (exact) mass is 1840 g/mol. The van der Waals surface area contributed by atoms with Crippen molar-refractivity contribution in [2.45, 2.75) is 220 Å². The smallest absolute Gasteiger partial charge is 0.330 e. The lowest BCUT2D eigenvalue weighted by molar-refractivity contribution is -0.351. The summed E-state index contributed by atoms with van der Waals surface area (Å²) in [5.41, 5.74) is 9.29. The van der Waals surface area contributed by atoms with E-state index in [4.69, 9.17) is 88.9 Å². The van der Waals surface area contributed by atoms with Gasteiger partial charge in [-0.3, -0.25) is 33.6 Å². The normalized spacial score (nSPS) is 29.3. The Balaban J connectivity index is 0.0000149. The van der Waals surface area contributed by atoms with Crippen LogP contribution in [0.4, 0.5) is 0 Å². The molecule has 39 heteroatoms. The Kier molecular flexibility index (Phi) is 30.7. The number of primary amides is 1. The highest BCUT2D eigenvalue weighted by molar-refractivity contribution is 6.32. The average Bonchev–Trinajstić information content (AvgIpc) is 0.759. The number of aliphatic hydroxyl groups excluding tert-OH is 8. The topological polar surface area (TPSA) is 575 Å². The largest absolute Gasteiger partial charge is 0.508 e. The van der Waals surface area contributed by atoms with E-state index >= 15 is 24.0 Å². The number of carbonyl (C=O) groups excluding carboxylic acids is 7. The Morgan fingerprint density at radius 3 is 1.96 bits per heavy atom. The Labute approximate surface area is 748 Å². The van der Waals surface area contributed by atoms with Crippen molar-refractivity contribution in [2.24, 2.45) is 23.3 Å². The number of hydrogen-bond acceptors (Lipinski definition) is 30. The molecule has 15 rings (SSSR count). The summed E-state index contributed by atoms with van der Waals surface area (Å²) in [6, 6.07) is 18.3. The molecule has 8 heterocycles. The molecule has 5 amide bonds. The van der Waals surface area contributed by atoms with E-state index in [9.17, 15) is 75.7 Å². The second-order valence-corrected chi connectivity index (χ2v) is 34.3. The van der Waals surface area contributed by atoms with Crippen LogP contribution in [0, 0.1) is 11.8 Å². The number of phenols is 3. The third-order valence-corrected chi connectivity index (χ3v) is 24.0. The molecule has 128 heavy (non-hydrogen) atoms. The zero-order valence-corrected chi connectivity index (χ0v) is 71.1. The van der Waals surface area contributed by atoms with Gasteiger partial charge in [0.25, 0.3) is 0 Å². The number of carboxylic acids is 1. The number of aliphatic hydroxyl groups is 8. The molecule has 36 nitrogen and oxygen atoms in total. The molecule has 21 N–H and O–H groups in total. The number of phenolic OH excluding ortho intramolecular Hbond substituents is 3. The number of halogens is 3. The molecule has 23 atom stereocenters. The Morgan fingerprint density at radius 2 is 1.32 bits per heavy atom. The standard InChI is InChI=1S/C88H98Cl3N7O29.CH4/c1-36(2)22-53(94-5)83(115)97-69-56(103)27-43(30-64(92)105)81(113)95-67-42-28-61(121-58-20-13-40(71(69)106)25-51(58)90)78(126-87-76(111)74(109)79(63(35-99)124-87)127-86-75(110)73(108)72(107)60(123-86)11-7-9-38-8-6-10-47(23-38)120-46-17-15-44(89)16-18-46)62(29-42)122-59-21-14-41(26-52(59)91)77(125-65-34-88(4,93)80(112)37(3)119-65)70-84(116)96-68(85(117)118)50-31-45(100)32-55(102)66(50)49-24-39(12-19-54(49)101)48(33-57(67)104)82(114)98-70;/h6,8,10,12-21,23-26,28-29,31-32,36-37,43,48,53,60,63,65,67-77,79-80,86-87,94,99-102,106-112H,7,9,11,22,27,30,33-35,93H2,1-5H3,(H2,92,105)(H,95,113)(H,96,116)(H,97,115)(H,98,114)(H,117,118);1H4/t37-,43-,48+,53+,60+,63+,65?,67+,68+,69?,70-,71+,72-,73-,74+,75+,76+,77+,79+,80-,86-,87-,88-;/m0./s1. The van der Waals surface area contributed by atoms with Crippen molar-refractivity contribution < 1.29 is 142 Å². The molecular formula is C89H102Cl3N7O29. The number of hydrogen-bond donors (Lipinski definition) is 19. The number of benzene rings is 7. The van der Waals surface area contributed by atoms with Gasteiger partial charge < -0.3 is 142 Å². The molecule has 0 aliphatic carbocycles. The maximum atomic E-state index is 16.6. The zero-order valence-electron chi connectivity index (χ0n) is 68.9. The summed E-state index contributed by atoms with van der Waals surface area (Å²) in [5.74, 6) is -18.3. The molecule has 7 aromatic rings. The van der Waals surface area contributed by atoms with Crippen LogP contribution in [-0.4, -0.2) is 226 Å². The van der Waals surface area contributed by atoms with E-state index in [0.29, 0.717) is 29.4 Å². The minimum absolute atomic E-state index is 0. The first-order chi connectivity index (χ1) is 60.3. The predicted octanol–water partition coefficient (Wildman–Crippen LogP) is 6.02. The SMILES string of the molecule is C.CN[C@H](CC(C)C)C(=O)NC1C(=O)C[C@@H](CC(N)=O)C(=O)N[C@H]2C(=O)C[C@H]3C(=O)N[C@H](C(=O)N[C@@H](C(=O)O)c4cc(O)cc(O)c4-c4cc3ccc4O)[C@H](OC3C[C@](C)(N)[C@@H](O)[C@H](C)O3)c3ccc(c(Cl)c3)Oc3cc2cc(c3O[C@@H]2O[C@H](CO)[C@@H](O[C@@H]3O[C@H](CCCc4cccc(Oc5ccc(Cl)cc5)c4)[C@H](O)[C@H](O)[C@H]3O)[C@H](O)[C@H]2O)Oc2ccc(cc2Cl)[C@H]1O. The van der Waals surface area contributed by atoms with E-state index < -0.39 is 280 Å². The summed E-state index contributed by atoms with van der Waals surface area (Å²) < 4.78 is 57.6. The van der Waals surface area contributed by atoms with E-state index in [-0.39, 0.29) is 60.1 Å². The number of fused-ring (bicyclic) bond motifs is 15. The lowest BCUT2D eigenvalue weighted by Crippen LogP contribution is -2.64. The summed E-state index contributed by atoms with van der Waals surface area (Å²) in [6.07, 6.45) is -29.9.